The summed E-state index contributed by atoms with van der Waals surface area (Å²) in [4.78, 5) is 16.2. The normalized spacial score (nSPS) is 10.8. The highest BCUT2D eigenvalue weighted by molar-refractivity contribution is 5.92. The van der Waals surface area contributed by atoms with E-state index in [1.807, 2.05) is 25.3 Å². The smallest absolute Gasteiger partial charge is 0.269 e. The largest absolute Gasteiger partial charge is 0.383 e. The van der Waals surface area contributed by atoms with Gasteiger partial charge < -0.3 is 10.6 Å². The van der Waals surface area contributed by atoms with Crippen molar-refractivity contribution in [2.24, 2.45) is 7.05 Å². The van der Waals surface area contributed by atoms with Gasteiger partial charge >= 0.3 is 0 Å². The molecular formula is C16H23N5O. The predicted octanol–water partition coefficient (Wildman–Crippen LogP) is 2.09. The first-order valence-corrected chi connectivity index (χ1v) is 7.45. The van der Waals surface area contributed by atoms with Crippen LogP contribution >= 0.6 is 0 Å². The molecule has 118 valence electrons. The van der Waals surface area contributed by atoms with Crippen molar-refractivity contribution in [3.63, 3.8) is 0 Å². The lowest BCUT2D eigenvalue weighted by Gasteiger charge is -2.09. The summed E-state index contributed by atoms with van der Waals surface area (Å²) >= 11 is 0. The van der Waals surface area contributed by atoms with Crippen molar-refractivity contribution >= 4 is 11.6 Å². The molecule has 0 saturated carbocycles. The number of rotatable bonds is 6. The van der Waals surface area contributed by atoms with E-state index in [0.29, 0.717) is 24.7 Å². The molecule has 0 spiro atoms. The third-order valence-corrected chi connectivity index (χ3v) is 3.47. The van der Waals surface area contributed by atoms with Crippen molar-refractivity contribution in [2.45, 2.75) is 26.7 Å². The van der Waals surface area contributed by atoms with Crippen molar-refractivity contribution in [1.82, 2.24) is 20.1 Å². The number of carbonyl (C=O) groups is 1. The number of nitrogens with one attached hydrogen (secondary N) is 2. The Labute approximate surface area is 130 Å². The molecule has 22 heavy (non-hydrogen) atoms. The van der Waals surface area contributed by atoms with Crippen LogP contribution in [0.15, 0.2) is 24.5 Å². The van der Waals surface area contributed by atoms with Crippen LogP contribution in [-0.2, 0) is 7.05 Å². The molecule has 2 rings (SSSR count). The molecule has 2 aromatic rings. The fourth-order valence-corrected chi connectivity index (χ4v) is 2.12. The van der Waals surface area contributed by atoms with Gasteiger partial charge in [0.15, 0.2) is 0 Å². The van der Waals surface area contributed by atoms with Gasteiger partial charge in [-0.05, 0) is 30.5 Å². The number of aryl methyl sites for hydroxylation is 2. The van der Waals surface area contributed by atoms with Crippen LogP contribution in [0.1, 0.15) is 41.5 Å². The molecule has 2 heterocycles. The number of carbonyl (C=O) groups excluding carboxylic acids is 1. The van der Waals surface area contributed by atoms with Crippen LogP contribution in [0.25, 0.3) is 0 Å². The Morgan fingerprint density at radius 3 is 2.77 bits per heavy atom. The second-order valence-electron chi connectivity index (χ2n) is 5.61. The van der Waals surface area contributed by atoms with Crippen molar-refractivity contribution in [3.05, 3.63) is 41.5 Å². The number of amides is 1. The molecule has 0 unspecified atom stereocenters. The molecule has 0 bridgehead atoms. The maximum atomic E-state index is 12.2. The molecule has 0 aliphatic heterocycles. The second-order valence-corrected chi connectivity index (χ2v) is 5.61. The highest BCUT2D eigenvalue weighted by Crippen LogP contribution is 2.13. The summed E-state index contributed by atoms with van der Waals surface area (Å²) in [5, 5.41) is 10.5. The molecule has 6 nitrogen and oxygen atoms in total. The van der Waals surface area contributed by atoms with Crippen LogP contribution < -0.4 is 10.6 Å². The van der Waals surface area contributed by atoms with Gasteiger partial charge in [-0.25, -0.2) is 0 Å². The van der Waals surface area contributed by atoms with E-state index in [1.165, 1.54) is 0 Å². The Hall–Kier alpha value is -2.37. The van der Waals surface area contributed by atoms with Gasteiger partial charge in [0.2, 0.25) is 0 Å². The van der Waals surface area contributed by atoms with Crippen molar-refractivity contribution < 1.29 is 4.79 Å². The maximum Gasteiger partial charge on any atom is 0.269 e. The number of anilines is 1. The van der Waals surface area contributed by atoms with Crippen LogP contribution in [0.4, 0.5) is 5.69 Å². The minimum absolute atomic E-state index is 0.102. The van der Waals surface area contributed by atoms with Crippen LogP contribution in [0.3, 0.4) is 0 Å². The molecular weight excluding hydrogens is 278 g/mol. The molecule has 0 atom stereocenters. The standard InChI is InChI=1S/C16H23N5O/c1-11(2)14-9-15(21(4)20-14)16(22)19-8-7-18-13-5-6-17-10-12(13)3/h5-6,9-11H,7-8H2,1-4H3,(H,17,18)(H,19,22). The van der Waals surface area contributed by atoms with Crippen LogP contribution in [0.2, 0.25) is 0 Å². The SMILES string of the molecule is Cc1cnccc1NCCNC(=O)c1cc(C(C)C)nn1C. The van der Waals surface area contributed by atoms with Gasteiger partial charge in [0.05, 0.1) is 5.69 Å². The average Bonchev–Trinajstić information content (AvgIpc) is 2.87. The summed E-state index contributed by atoms with van der Waals surface area (Å²) in [6.45, 7) is 7.32. The first-order chi connectivity index (χ1) is 10.5. The summed E-state index contributed by atoms with van der Waals surface area (Å²) in [6, 6.07) is 3.77. The van der Waals surface area contributed by atoms with E-state index in [1.54, 1.807) is 17.9 Å². The van der Waals surface area contributed by atoms with Gasteiger partial charge in [0.1, 0.15) is 5.69 Å². The lowest BCUT2D eigenvalue weighted by molar-refractivity contribution is 0.0946. The van der Waals surface area contributed by atoms with E-state index in [-0.39, 0.29) is 5.91 Å². The topological polar surface area (TPSA) is 71.8 Å². The Morgan fingerprint density at radius 2 is 2.14 bits per heavy atom. The zero-order chi connectivity index (χ0) is 16.1. The molecule has 1 amide bonds. The van der Waals surface area contributed by atoms with E-state index in [2.05, 4.69) is 34.6 Å². The summed E-state index contributed by atoms with van der Waals surface area (Å²) in [6.07, 6.45) is 3.56. The Balaban J connectivity index is 1.84. The summed E-state index contributed by atoms with van der Waals surface area (Å²) in [5.74, 6) is 0.208. The van der Waals surface area contributed by atoms with Gasteiger partial charge in [0, 0.05) is 38.2 Å². The third-order valence-electron chi connectivity index (χ3n) is 3.47. The van der Waals surface area contributed by atoms with Crippen molar-refractivity contribution in [1.29, 1.82) is 0 Å². The molecule has 0 aliphatic rings. The predicted molar refractivity (Wildman–Crippen MR) is 87.1 cm³/mol. The Morgan fingerprint density at radius 1 is 1.36 bits per heavy atom. The van der Waals surface area contributed by atoms with E-state index in [9.17, 15) is 4.79 Å². The quantitative estimate of drug-likeness (QED) is 0.801. The summed E-state index contributed by atoms with van der Waals surface area (Å²) < 4.78 is 1.63. The van der Waals surface area contributed by atoms with E-state index < -0.39 is 0 Å². The fourth-order valence-electron chi connectivity index (χ4n) is 2.12. The monoisotopic (exact) mass is 301 g/mol. The van der Waals surface area contributed by atoms with Gasteiger partial charge in [0.25, 0.3) is 5.91 Å². The highest BCUT2D eigenvalue weighted by atomic mass is 16.2. The Kier molecular flexibility index (Phi) is 5.14. The first kappa shape index (κ1) is 16.0. The van der Waals surface area contributed by atoms with E-state index >= 15 is 0 Å². The third kappa shape index (κ3) is 3.84. The molecule has 2 N–H and O–H groups in total. The van der Waals surface area contributed by atoms with Crippen molar-refractivity contribution in [2.75, 3.05) is 18.4 Å². The van der Waals surface area contributed by atoms with Gasteiger partial charge in [-0.2, -0.15) is 5.10 Å². The number of hydrogen-bond donors (Lipinski definition) is 2. The molecule has 0 radical (unpaired) electrons. The lowest BCUT2D eigenvalue weighted by Crippen LogP contribution is -2.30. The zero-order valence-electron chi connectivity index (χ0n) is 13.6. The molecule has 6 heteroatoms. The van der Waals surface area contributed by atoms with Gasteiger partial charge in [-0.15, -0.1) is 0 Å². The fraction of sp³-hybridized carbons (Fsp3) is 0.438. The first-order valence-electron chi connectivity index (χ1n) is 7.45. The maximum absolute atomic E-state index is 12.2. The van der Waals surface area contributed by atoms with Crippen LogP contribution in [0.5, 0.6) is 0 Å². The molecule has 0 aliphatic carbocycles. The van der Waals surface area contributed by atoms with Crippen LogP contribution in [-0.4, -0.2) is 33.8 Å². The minimum atomic E-state index is -0.102. The number of aromatic nitrogens is 3. The van der Waals surface area contributed by atoms with Gasteiger partial charge in [-0.1, -0.05) is 13.8 Å². The average molecular weight is 301 g/mol. The Bertz CT molecular complexity index is 648. The summed E-state index contributed by atoms with van der Waals surface area (Å²) in [7, 11) is 1.79. The number of pyridine rings is 1. The zero-order valence-corrected chi connectivity index (χ0v) is 13.6. The highest BCUT2D eigenvalue weighted by Gasteiger charge is 2.14. The minimum Gasteiger partial charge on any atom is -0.383 e. The van der Waals surface area contributed by atoms with E-state index in [4.69, 9.17) is 0 Å². The number of nitrogens with zero attached hydrogens (tertiary/aromatic N) is 3. The molecule has 0 fully saturated rings. The van der Waals surface area contributed by atoms with Gasteiger partial charge in [-0.3, -0.25) is 14.5 Å². The lowest BCUT2D eigenvalue weighted by atomic mass is 10.1. The number of hydrogen-bond acceptors (Lipinski definition) is 4. The molecule has 2 aromatic heterocycles. The molecule has 0 aromatic carbocycles. The van der Waals surface area contributed by atoms with Crippen molar-refractivity contribution in [3.8, 4) is 0 Å². The van der Waals surface area contributed by atoms with E-state index in [0.717, 1.165) is 16.9 Å². The molecule has 0 saturated heterocycles. The summed E-state index contributed by atoms with van der Waals surface area (Å²) in [5.41, 5.74) is 3.64. The second kappa shape index (κ2) is 7.06. The van der Waals surface area contributed by atoms with Crippen LogP contribution in [0, 0.1) is 6.92 Å².